The molecule has 8 nitrogen and oxygen atoms in total. The Balaban J connectivity index is 1.33. The number of nitrogens with one attached hydrogen (secondary N) is 1. The number of alkyl halides is 3. The van der Waals surface area contributed by atoms with Crippen molar-refractivity contribution in [2.75, 3.05) is 6.54 Å². The summed E-state index contributed by atoms with van der Waals surface area (Å²) in [7, 11) is 0. The number of halogens is 3. The van der Waals surface area contributed by atoms with Gasteiger partial charge < -0.3 is 9.40 Å². The highest BCUT2D eigenvalue weighted by Crippen LogP contribution is 2.32. The number of aromatic amines is 1. The van der Waals surface area contributed by atoms with Crippen LogP contribution in [0.3, 0.4) is 0 Å². The SMILES string of the molecule is O=c1[nH]c(-c2ccc(C(F)(F)F)cc2)nc2c1CN(Cc1ccc(-c3ccccc3[N+](=O)[O-])o1)CC2. The monoisotopic (exact) mass is 496 g/mol. The van der Waals surface area contributed by atoms with Crippen molar-refractivity contribution in [2.45, 2.75) is 25.7 Å². The Morgan fingerprint density at radius 1 is 1.08 bits per heavy atom. The van der Waals surface area contributed by atoms with Crippen molar-refractivity contribution in [1.82, 2.24) is 14.9 Å². The summed E-state index contributed by atoms with van der Waals surface area (Å²) in [6.07, 6.45) is -3.96. The summed E-state index contributed by atoms with van der Waals surface area (Å²) in [4.78, 5) is 32.8. The third-order valence-corrected chi connectivity index (χ3v) is 6.04. The standard InChI is InChI=1S/C25H19F3N4O4/c26-25(27,28)16-7-5-15(6-8-16)23-29-20-11-12-31(14-19(20)24(33)30-23)13-17-9-10-22(36-17)18-3-1-2-4-21(18)32(34)35/h1-10H,11-14H2,(H,29,30,33). The van der Waals surface area contributed by atoms with E-state index in [-0.39, 0.29) is 17.1 Å². The molecule has 184 valence electrons. The van der Waals surface area contributed by atoms with E-state index in [1.165, 1.54) is 18.2 Å². The Morgan fingerprint density at radius 2 is 1.83 bits per heavy atom. The molecule has 1 N–H and O–H groups in total. The van der Waals surface area contributed by atoms with Gasteiger partial charge in [0.15, 0.2) is 0 Å². The molecule has 0 amide bonds. The quantitative estimate of drug-likeness (QED) is 0.301. The van der Waals surface area contributed by atoms with Gasteiger partial charge in [0.05, 0.1) is 33.9 Å². The number of hydrogen-bond donors (Lipinski definition) is 1. The first-order chi connectivity index (χ1) is 17.2. The summed E-state index contributed by atoms with van der Waals surface area (Å²) in [5.41, 5.74) is 0.696. The largest absolute Gasteiger partial charge is 0.459 e. The Kier molecular flexibility index (Phi) is 5.92. The molecule has 3 heterocycles. The van der Waals surface area contributed by atoms with Crippen molar-refractivity contribution in [1.29, 1.82) is 0 Å². The van der Waals surface area contributed by atoms with E-state index < -0.39 is 16.7 Å². The molecule has 0 fully saturated rings. The molecule has 0 unspecified atom stereocenters. The molecule has 36 heavy (non-hydrogen) atoms. The number of benzene rings is 2. The van der Waals surface area contributed by atoms with Gasteiger partial charge in [0.1, 0.15) is 17.3 Å². The van der Waals surface area contributed by atoms with Crippen LogP contribution in [0.15, 0.2) is 69.9 Å². The summed E-state index contributed by atoms with van der Waals surface area (Å²) in [6.45, 7) is 1.28. The van der Waals surface area contributed by atoms with Crippen molar-refractivity contribution < 1.29 is 22.5 Å². The Labute approximate surface area is 202 Å². The topological polar surface area (TPSA) is 105 Å². The summed E-state index contributed by atoms with van der Waals surface area (Å²) >= 11 is 0. The second-order valence-corrected chi connectivity index (χ2v) is 8.42. The van der Waals surface area contributed by atoms with Crippen molar-refractivity contribution >= 4 is 5.69 Å². The van der Waals surface area contributed by atoms with Crippen LogP contribution in [-0.4, -0.2) is 26.3 Å². The van der Waals surface area contributed by atoms with Crippen LogP contribution >= 0.6 is 0 Å². The van der Waals surface area contributed by atoms with Gasteiger partial charge in [-0.1, -0.05) is 24.3 Å². The normalized spacial score (nSPS) is 14.0. The fourth-order valence-corrected chi connectivity index (χ4v) is 4.24. The number of hydrogen-bond acceptors (Lipinski definition) is 6. The molecule has 11 heteroatoms. The zero-order valence-electron chi connectivity index (χ0n) is 18.7. The highest BCUT2D eigenvalue weighted by atomic mass is 19.4. The lowest BCUT2D eigenvalue weighted by molar-refractivity contribution is -0.384. The number of nitro benzene ring substituents is 1. The van der Waals surface area contributed by atoms with Crippen molar-refractivity contribution in [2.24, 2.45) is 0 Å². The Hall–Kier alpha value is -4.25. The molecule has 2 aromatic heterocycles. The number of nitro groups is 1. The van der Waals surface area contributed by atoms with Gasteiger partial charge in [-0.25, -0.2) is 4.98 Å². The van der Waals surface area contributed by atoms with Crippen LogP contribution in [0.25, 0.3) is 22.7 Å². The average Bonchev–Trinajstić information content (AvgIpc) is 3.32. The number of rotatable bonds is 5. The minimum Gasteiger partial charge on any atom is -0.459 e. The van der Waals surface area contributed by atoms with Crippen LogP contribution in [0.5, 0.6) is 0 Å². The molecule has 4 aromatic rings. The van der Waals surface area contributed by atoms with E-state index in [1.807, 2.05) is 4.90 Å². The van der Waals surface area contributed by atoms with Gasteiger partial charge in [-0.15, -0.1) is 0 Å². The lowest BCUT2D eigenvalue weighted by atomic mass is 10.1. The molecule has 0 aliphatic carbocycles. The second kappa shape index (κ2) is 9.08. The van der Waals surface area contributed by atoms with E-state index >= 15 is 0 Å². The molecular formula is C25H19F3N4O4. The zero-order chi connectivity index (χ0) is 25.4. The summed E-state index contributed by atoms with van der Waals surface area (Å²) in [5, 5.41) is 11.3. The molecule has 1 aliphatic rings. The fourth-order valence-electron chi connectivity index (χ4n) is 4.24. The van der Waals surface area contributed by atoms with Crippen LogP contribution in [0.1, 0.15) is 22.6 Å². The third-order valence-electron chi connectivity index (χ3n) is 6.04. The van der Waals surface area contributed by atoms with Gasteiger partial charge in [0.25, 0.3) is 11.2 Å². The number of nitrogens with zero attached hydrogens (tertiary/aromatic N) is 3. The number of H-pyrrole nitrogens is 1. The lowest BCUT2D eigenvalue weighted by Gasteiger charge is -2.26. The molecule has 5 rings (SSSR count). The van der Waals surface area contributed by atoms with Gasteiger partial charge >= 0.3 is 6.18 Å². The molecule has 0 saturated heterocycles. The van der Waals surface area contributed by atoms with Gasteiger partial charge in [-0.3, -0.25) is 19.8 Å². The van der Waals surface area contributed by atoms with Crippen LogP contribution in [-0.2, 0) is 25.7 Å². The predicted molar refractivity (Wildman–Crippen MR) is 124 cm³/mol. The van der Waals surface area contributed by atoms with Crippen molar-refractivity contribution in [3.8, 4) is 22.7 Å². The van der Waals surface area contributed by atoms with Gasteiger partial charge in [-0.2, -0.15) is 13.2 Å². The number of para-hydroxylation sites is 1. The predicted octanol–water partition coefficient (Wildman–Crippen LogP) is 5.18. The van der Waals surface area contributed by atoms with Crippen LogP contribution in [0.2, 0.25) is 0 Å². The first-order valence-corrected chi connectivity index (χ1v) is 11.0. The minimum absolute atomic E-state index is 0.0493. The number of aromatic nitrogens is 2. The van der Waals surface area contributed by atoms with E-state index in [0.717, 1.165) is 12.1 Å². The van der Waals surface area contributed by atoms with Crippen molar-refractivity contribution in [3.63, 3.8) is 0 Å². The molecule has 0 bridgehead atoms. The molecule has 0 saturated carbocycles. The fraction of sp³-hybridized carbons (Fsp3) is 0.200. The molecule has 1 aliphatic heterocycles. The summed E-state index contributed by atoms with van der Waals surface area (Å²) in [5.74, 6) is 1.20. The van der Waals surface area contributed by atoms with Gasteiger partial charge in [-0.05, 0) is 30.3 Å². The number of fused-ring (bicyclic) bond motifs is 1. The van der Waals surface area contributed by atoms with Gasteiger partial charge in [0, 0.05) is 31.1 Å². The molecule has 0 atom stereocenters. The first kappa shape index (κ1) is 23.5. The van der Waals surface area contributed by atoms with E-state index in [9.17, 15) is 28.1 Å². The zero-order valence-corrected chi connectivity index (χ0v) is 18.7. The maximum atomic E-state index is 12.8. The molecule has 0 radical (unpaired) electrons. The molecule has 0 spiro atoms. The molecular weight excluding hydrogens is 477 g/mol. The van der Waals surface area contributed by atoms with Crippen LogP contribution in [0.4, 0.5) is 18.9 Å². The maximum absolute atomic E-state index is 12.8. The average molecular weight is 496 g/mol. The van der Waals surface area contributed by atoms with Crippen LogP contribution < -0.4 is 5.56 Å². The number of furan rings is 1. The lowest BCUT2D eigenvalue weighted by Crippen LogP contribution is -2.35. The highest BCUT2D eigenvalue weighted by molar-refractivity contribution is 5.69. The van der Waals surface area contributed by atoms with Crippen LogP contribution in [0, 0.1) is 10.1 Å². The van der Waals surface area contributed by atoms with E-state index in [2.05, 4.69) is 9.97 Å². The molecule has 2 aromatic carbocycles. The smallest absolute Gasteiger partial charge is 0.416 e. The Bertz CT molecular complexity index is 1490. The highest BCUT2D eigenvalue weighted by Gasteiger charge is 2.30. The van der Waals surface area contributed by atoms with E-state index in [0.29, 0.717) is 60.0 Å². The van der Waals surface area contributed by atoms with E-state index in [4.69, 9.17) is 4.42 Å². The van der Waals surface area contributed by atoms with E-state index in [1.54, 1.807) is 30.3 Å². The minimum atomic E-state index is -4.44. The van der Waals surface area contributed by atoms with Crippen molar-refractivity contribution in [3.05, 3.63) is 104 Å². The Morgan fingerprint density at radius 3 is 2.56 bits per heavy atom. The first-order valence-electron chi connectivity index (χ1n) is 11.0. The second-order valence-electron chi connectivity index (χ2n) is 8.42. The summed E-state index contributed by atoms with van der Waals surface area (Å²) < 4.78 is 44.4. The van der Waals surface area contributed by atoms with Gasteiger partial charge in [0.2, 0.25) is 0 Å². The summed E-state index contributed by atoms with van der Waals surface area (Å²) in [6, 6.07) is 14.2. The third kappa shape index (κ3) is 4.65. The maximum Gasteiger partial charge on any atom is 0.416 e.